The van der Waals surface area contributed by atoms with Crippen LogP contribution in [0.5, 0.6) is 0 Å². The molecule has 11 heteroatoms. The first kappa shape index (κ1) is 32.5. The maximum absolute atomic E-state index is 13.3. The molecule has 7 aromatic carbocycles. The number of fused-ring (bicyclic) bond motifs is 12. The lowest BCUT2D eigenvalue weighted by molar-refractivity contribution is -0.143. The summed E-state index contributed by atoms with van der Waals surface area (Å²) in [7, 11) is 0. The quantitative estimate of drug-likeness (QED) is 0.124. The maximum atomic E-state index is 13.3. The summed E-state index contributed by atoms with van der Waals surface area (Å²) in [4.78, 5) is 17.8. The van der Waals surface area contributed by atoms with Gasteiger partial charge in [-0.2, -0.15) is 26.3 Å². The number of hydrogen-bond donors (Lipinski definition) is 0. The van der Waals surface area contributed by atoms with E-state index in [0.29, 0.717) is 21.8 Å². The van der Waals surface area contributed by atoms with Crippen molar-refractivity contribution in [3.8, 4) is 11.1 Å². The lowest BCUT2D eigenvalue weighted by atomic mass is 9.94. The van der Waals surface area contributed by atoms with Crippen LogP contribution in [0.4, 0.5) is 26.3 Å². The number of nitrogens with zero attached hydrogens (tertiary/aromatic N) is 4. The van der Waals surface area contributed by atoms with Crippen LogP contribution in [0.25, 0.3) is 76.3 Å². The summed E-state index contributed by atoms with van der Waals surface area (Å²) in [5, 5.41) is 7.65. The highest BCUT2D eigenvalue weighted by atomic mass is 79.9. The van der Waals surface area contributed by atoms with Crippen molar-refractivity contribution in [3.63, 3.8) is 0 Å². The minimum Gasteiger partial charge on any atom is -0.252 e. The summed E-state index contributed by atoms with van der Waals surface area (Å²) in [5.41, 5.74) is 0.569. The lowest BCUT2D eigenvalue weighted by Crippen LogP contribution is -2.11. The van der Waals surface area contributed by atoms with E-state index >= 15 is 0 Å². The van der Waals surface area contributed by atoms with E-state index in [0.717, 1.165) is 49.2 Å². The molecule has 0 saturated heterocycles. The number of alkyl halides is 6. The van der Waals surface area contributed by atoms with Gasteiger partial charge in [-0.25, -0.2) is 0 Å². The van der Waals surface area contributed by atoms with Gasteiger partial charge in [0.05, 0.1) is 33.2 Å². The standard InChI is InChI=1S/C24H12F6N2.C16H9BrN2/c25-23(26,27)15-9-14(10-16(12-15)24(28,29)30)13-5-6-19-20(11-13)17-3-1-2-4-18(17)21-22(19)32-8-7-31-21;17-10-5-6-13-14(9-10)11-3-1-2-4-12(11)15-16(13)19-8-7-18-15/h1-12H;1-9H. The zero-order chi connectivity index (χ0) is 35.5. The fraction of sp³-hybridized carbons (Fsp3) is 0.0500. The summed E-state index contributed by atoms with van der Waals surface area (Å²) < 4.78 is 80.9. The van der Waals surface area contributed by atoms with Crippen molar-refractivity contribution < 1.29 is 26.3 Å². The Morgan fingerprint density at radius 3 is 1.22 bits per heavy atom. The molecule has 250 valence electrons. The fourth-order valence-electron chi connectivity index (χ4n) is 6.53. The molecule has 9 rings (SSSR count). The van der Waals surface area contributed by atoms with Gasteiger partial charge in [0.1, 0.15) is 0 Å². The SMILES string of the molecule is Brc1ccc2c(c1)c1ccccc1c1nccnc21.FC(F)(F)c1cc(-c2ccc3c(c2)c2ccccc2c2nccnc32)cc(C(F)(F)F)c1. The Bertz CT molecular complexity index is 2710. The number of rotatable bonds is 1. The summed E-state index contributed by atoms with van der Waals surface area (Å²) in [5.74, 6) is 0. The van der Waals surface area contributed by atoms with Gasteiger partial charge >= 0.3 is 12.4 Å². The van der Waals surface area contributed by atoms with E-state index in [2.05, 4.69) is 66.2 Å². The van der Waals surface area contributed by atoms with Crippen molar-refractivity contribution >= 4 is 81.1 Å². The molecule has 0 amide bonds. The molecule has 2 aromatic heterocycles. The molecule has 0 atom stereocenters. The Balaban J connectivity index is 0.000000166. The van der Waals surface area contributed by atoms with Crippen LogP contribution < -0.4 is 0 Å². The average Bonchev–Trinajstić information content (AvgIpc) is 3.14. The zero-order valence-electron chi connectivity index (χ0n) is 26.1. The molecule has 0 bridgehead atoms. The first-order chi connectivity index (χ1) is 24.5. The van der Waals surface area contributed by atoms with E-state index in [4.69, 9.17) is 0 Å². The summed E-state index contributed by atoms with van der Waals surface area (Å²) in [6.07, 6.45) is -3.22. The third-order valence-electron chi connectivity index (χ3n) is 8.77. The van der Waals surface area contributed by atoms with Crippen LogP contribution in [0.1, 0.15) is 11.1 Å². The highest BCUT2D eigenvalue weighted by Crippen LogP contribution is 2.41. The first-order valence-corrected chi connectivity index (χ1v) is 16.3. The molecule has 2 heterocycles. The number of benzene rings is 7. The summed E-state index contributed by atoms with van der Waals surface area (Å²) in [6, 6.07) is 28.3. The van der Waals surface area contributed by atoms with Gasteiger partial charge in [-0.3, -0.25) is 19.9 Å². The van der Waals surface area contributed by atoms with Crippen LogP contribution in [-0.2, 0) is 12.4 Å². The van der Waals surface area contributed by atoms with Crippen LogP contribution in [0.2, 0.25) is 0 Å². The third-order valence-corrected chi connectivity index (χ3v) is 9.27. The van der Waals surface area contributed by atoms with Crippen LogP contribution >= 0.6 is 15.9 Å². The van der Waals surface area contributed by atoms with Crippen molar-refractivity contribution in [1.29, 1.82) is 0 Å². The van der Waals surface area contributed by atoms with Gasteiger partial charge < -0.3 is 0 Å². The van der Waals surface area contributed by atoms with Gasteiger partial charge in [-0.05, 0) is 69.1 Å². The van der Waals surface area contributed by atoms with Crippen molar-refractivity contribution in [2.24, 2.45) is 0 Å². The van der Waals surface area contributed by atoms with Gasteiger partial charge in [-0.15, -0.1) is 0 Å². The molecule has 0 aliphatic rings. The van der Waals surface area contributed by atoms with Gasteiger partial charge in [0.25, 0.3) is 0 Å². The zero-order valence-corrected chi connectivity index (χ0v) is 27.6. The Kier molecular flexibility index (Phi) is 7.83. The Hall–Kier alpha value is -5.68. The highest BCUT2D eigenvalue weighted by molar-refractivity contribution is 9.10. The molecule has 0 radical (unpaired) electrons. The van der Waals surface area contributed by atoms with Crippen molar-refractivity contribution in [2.45, 2.75) is 12.4 Å². The van der Waals surface area contributed by atoms with Gasteiger partial charge in [0.15, 0.2) is 0 Å². The molecule has 0 saturated carbocycles. The van der Waals surface area contributed by atoms with E-state index < -0.39 is 23.5 Å². The second kappa shape index (κ2) is 12.3. The van der Waals surface area contributed by atoms with Crippen LogP contribution in [0.15, 0.2) is 132 Å². The Morgan fingerprint density at radius 2 is 0.765 bits per heavy atom. The van der Waals surface area contributed by atoms with Gasteiger partial charge in [0, 0.05) is 50.8 Å². The molecule has 51 heavy (non-hydrogen) atoms. The normalized spacial score (nSPS) is 12.2. The second-order valence-electron chi connectivity index (χ2n) is 11.8. The highest BCUT2D eigenvalue weighted by Gasteiger charge is 2.37. The maximum Gasteiger partial charge on any atom is 0.416 e. The largest absolute Gasteiger partial charge is 0.416 e. The van der Waals surface area contributed by atoms with Crippen LogP contribution in [-0.4, -0.2) is 19.9 Å². The smallest absolute Gasteiger partial charge is 0.252 e. The molecule has 0 spiro atoms. The molecular formula is C40H21BrF6N4. The summed E-state index contributed by atoms with van der Waals surface area (Å²) >= 11 is 3.55. The van der Waals surface area contributed by atoms with Gasteiger partial charge in [-0.1, -0.05) is 82.7 Å². The van der Waals surface area contributed by atoms with E-state index in [1.807, 2.05) is 36.4 Å². The van der Waals surface area contributed by atoms with Crippen molar-refractivity contribution in [1.82, 2.24) is 19.9 Å². The van der Waals surface area contributed by atoms with E-state index in [1.165, 1.54) is 23.0 Å². The summed E-state index contributed by atoms with van der Waals surface area (Å²) in [6.45, 7) is 0. The van der Waals surface area contributed by atoms with E-state index in [1.54, 1.807) is 30.7 Å². The minimum atomic E-state index is -4.91. The molecule has 0 aliphatic heterocycles. The monoisotopic (exact) mass is 750 g/mol. The molecule has 0 unspecified atom stereocenters. The number of hydrogen-bond acceptors (Lipinski definition) is 4. The minimum absolute atomic E-state index is 0.128. The molecule has 9 aromatic rings. The number of aromatic nitrogens is 4. The topological polar surface area (TPSA) is 51.6 Å². The lowest BCUT2D eigenvalue weighted by Gasteiger charge is -2.15. The predicted octanol–water partition coefficient (Wildman–Crippen LogP) is 12.3. The predicted molar refractivity (Wildman–Crippen MR) is 192 cm³/mol. The van der Waals surface area contributed by atoms with Crippen LogP contribution in [0.3, 0.4) is 0 Å². The number of halogens is 7. The molecule has 4 nitrogen and oxygen atoms in total. The van der Waals surface area contributed by atoms with Gasteiger partial charge in [0.2, 0.25) is 0 Å². The van der Waals surface area contributed by atoms with Crippen molar-refractivity contribution in [2.75, 3.05) is 0 Å². The molecule has 0 fully saturated rings. The molecular weight excluding hydrogens is 730 g/mol. The van der Waals surface area contributed by atoms with Crippen molar-refractivity contribution in [3.05, 3.63) is 144 Å². The van der Waals surface area contributed by atoms with E-state index in [9.17, 15) is 26.3 Å². The Labute approximate surface area is 293 Å². The fourth-order valence-corrected chi connectivity index (χ4v) is 6.90. The molecule has 0 aliphatic carbocycles. The first-order valence-electron chi connectivity index (χ1n) is 15.5. The second-order valence-corrected chi connectivity index (χ2v) is 12.8. The average molecular weight is 752 g/mol. The third kappa shape index (κ3) is 5.87. The Morgan fingerprint density at radius 1 is 0.373 bits per heavy atom. The van der Waals surface area contributed by atoms with E-state index in [-0.39, 0.29) is 17.2 Å². The molecule has 0 N–H and O–H groups in total. The van der Waals surface area contributed by atoms with Crippen LogP contribution in [0, 0.1) is 0 Å².